The highest BCUT2D eigenvalue weighted by atomic mass is 16.4. The van der Waals surface area contributed by atoms with Gasteiger partial charge in [0.2, 0.25) is 53.2 Å². The molecule has 1 aromatic heterocycles. The predicted octanol–water partition coefficient (Wildman–Crippen LogP) is -0.607. The second-order valence-corrected chi connectivity index (χ2v) is 21.9. The lowest BCUT2D eigenvalue weighted by atomic mass is 10.00. The number of aromatic nitrogens is 1. The topological polar surface area (TPSA) is 393 Å². The minimum Gasteiger partial charge on any atom is -0.480 e. The molecule has 2 aromatic carbocycles. The number of H-pyrrole nitrogens is 1. The van der Waals surface area contributed by atoms with Gasteiger partial charge in [-0.1, -0.05) is 76.2 Å². The van der Waals surface area contributed by atoms with Gasteiger partial charge in [0.25, 0.3) is 0 Å². The summed E-state index contributed by atoms with van der Waals surface area (Å²) in [4.78, 5) is 149. The van der Waals surface area contributed by atoms with Crippen molar-refractivity contribution in [3.63, 3.8) is 0 Å². The SMILES string of the molecule is CC(C)[C@H](NC(=O)[C@@H]1CCCN1C(=O)[C@@H](N)Cc1ccccc1)C(=O)N[C@@H](CCCN=C(N)N)C(=O)N1CCC[C@H]1C(=O)N[C@@H](CCC(N)=O)C(=O)N[C@H](C(=O)N1CCC[C@H]1C(=O)N[C@@H](Cc1c[nH]c2ccccc12)C(=O)O)C(C)C. The number of para-hydroxylation sites is 1. The molecule has 6 rings (SSSR count). The van der Waals surface area contributed by atoms with Gasteiger partial charge >= 0.3 is 5.97 Å². The Balaban J connectivity index is 1.12. The van der Waals surface area contributed by atoms with Gasteiger partial charge in [-0.05, 0) is 93.2 Å². The summed E-state index contributed by atoms with van der Waals surface area (Å²) in [5.74, 6) is -8.46. The Hall–Kier alpha value is -8.09. The van der Waals surface area contributed by atoms with Crippen LogP contribution in [0.1, 0.15) is 103 Å². The van der Waals surface area contributed by atoms with Crippen LogP contribution in [-0.4, -0.2) is 170 Å². The maximum atomic E-state index is 14.7. The molecule has 0 saturated carbocycles. The van der Waals surface area contributed by atoms with Gasteiger partial charge in [0.15, 0.2) is 5.96 Å². The number of amides is 9. The van der Waals surface area contributed by atoms with E-state index in [2.05, 4.69) is 36.6 Å². The molecule has 0 aliphatic carbocycles. The molecule has 25 heteroatoms. The van der Waals surface area contributed by atoms with E-state index in [1.807, 2.05) is 54.6 Å². The van der Waals surface area contributed by atoms with E-state index in [0.29, 0.717) is 37.8 Å². The van der Waals surface area contributed by atoms with E-state index in [-0.39, 0.29) is 77.0 Å². The number of carbonyl (C=O) groups is 10. The Morgan fingerprint density at radius 2 is 1.16 bits per heavy atom. The lowest BCUT2D eigenvalue weighted by molar-refractivity contribution is -0.145. The third-order valence-corrected chi connectivity index (χ3v) is 15.2. The summed E-state index contributed by atoms with van der Waals surface area (Å²) in [7, 11) is 0. The van der Waals surface area contributed by atoms with Crippen LogP contribution >= 0.6 is 0 Å². The molecule has 0 unspecified atom stereocenters. The van der Waals surface area contributed by atoms with Crippen molar-refractivity contribution in [1.29, 1.82) is 0 Å². The molecule has 4 heterocycles. The molecule has 3 saturated heterocycles. The summed E-state index contributed by atoms with van der Waals surface area (Å²) < 4.78 is 0. The Labute approximate surface area is 470 Å². The molecule has 81 heavy (non-hydrogen) atoms. The van der Waals surface area contributed by atoms with Crippen LogP contribution < -0.4 is 49.5 Å². The molecule has 0 radical (unpaired) electrons. The zero-order valence-electron chi connectivity index (χ0n) is 46.6. The Bertz CT molecular complexity index is 2780. The number of nitrogens with one attached hydrogen (secondary N) is 6. The zero-order chi connectivity index (χ0) is 59.1. The summed E-state index contributed by atoms with van der Waals surface area (Å²) in [5, 5.41) is 24.6. The van der Waals surface area contributed by atoms with Crippen molar-refractivity contribution in [2.45, 2.75) is 159 Å². The van der Waals surface area contributed by atoms with Gasteiger partial charge < -0.3 is 74.3 Å². The minimum atomic E-state index is -1.44. The summed E-state index contributed by atoms with van der Waals surface area (Å²) in [6.07, 6.45) is 3.56. The number of carboxylic acids is 1. The lowest BCUT2D eigenvalue weighted by Gasteiger charge is -2.33. The monoisotopic (exact) mass is 1120 g/mol. The van der Waals surface area contributed by atoms with Gasteiger partial charge in [0.05, 0.1) is 6.04 Å². The van der Waals surface area contributed by atoms with Crippen molar-refractivity contribution in [1.82, 2.24) is 46.3 Å². The number of benzene rings is 2. The van der Waals surface area contributed by atoms with E-state index in [1.165, 1.54) is 14.7 Å². The number of hydrogen-bond donors (Lipinski definition) is 11. The van der Waals surface area contributed by atoms with E-state index in [0.717, 1.165) is 16.5 Å². The van der Waals surface area contributed by atoms with Crippen LogP contribution in [0.15, 0.2) is 65.8 Å². The van der Waals surface area contributed by atoms with E-state index in [4.69, 9.17) is 22.9 Å². The second kappa shape index (κ2) is 28.9. The molecular weight excluding hydrogens is 1040 g/mol. The van der Waals surface area contributed by atoms with E-state index >= 15 is 0 Å². The second-order valence-electron chi connectivity index (χ2n) is 21.9. The van der Waals surface area contributed by atoms with E-state index in [9.17, 15) is 53.1 Å². The quantitative estimate of drug-likeness (QED) is 0.0258. The molecule has 440 valence electrons. The maximum absolute atomic E-state index is 14.7. The summed E-state index contributed by atoms with van der Waals surface area (Å²) in [5.41, 5.74) is 25.3. The third-order valence-electron chi connectivity index (χ3n) is 15.2. The number of carbonyl (C=O) groups excluding carboxylic acids is 9. The van der Waals surface area contributed by atoms with Crippen LogP contribution in [0.25, 0.3) is 10.9 Å². The van der Waals surface area contributed by atoms with Crippen molar-refractivity contribution < 1.29 is 53.1 Å². The number of likely N-dealkylation sites (tertiary alicyclic amines) is 3. The molecule has 9 atom stereocenters. The highest BCUT2D eigenvalue weighted by molar-refractivity contribution is 5.99. The molecular formula is C56H80N14O11. The molecule has 3 aliphatic heterocycles. The largest absolute Gasteiger partial charge is 0.480 e. The van der Waals surface area contributed by atoms with Gasteiger partial charge in [-0.15, -0.1) is 0 Å². The summed E-state index contributed by atoms with van der Waals surface area (Å²) in [6.45, 7) is 7.40. The van der Waals surface area contributed by atoms with Crippen molar-refractivity contribution in [2.24, 2.45) is 39.8 Å². The lowest BCUT2D eigenvalue weighted by Crippen LogP contribution is -2.61. The van der Waals surface area contributed by atoms with Gasteiger partial charge in [-0.2, -0.15) is 0 Å². The zero-order valence-corrected chi connectivity index (χ0v) is 46.6. The number of nitrogens with two attached hydrogens (primary N) is 4. The highest BCUT2D eigenvalue weighted by Gasteiger charge is 2.44. The first-order chi connectivity index (χ1) is 38.6. The minimum absolute atomic E-state index is 0.00804. The van der Waals surface area contributed by atoms with Gasteiger partial charge in [0, 0.05) is 56.1 Å². The number of fused-ring (bicyclic) bond motifs is 1. The van der Waals surface area contributed by atoms with Crippen LogP contribution in [0.4, 0.5) is 0 Å². The normalized spacial score (nSPS) is 19.2. The molecule has 3 aliphatic rings. The molecule has 3 fully saturated rings. The molecule has 0 spiro atoms. The Morgan fingerprint density at radius 3 is 1.73 bits per heavy atom. The van der Waals surface area contributed by atoms with Crippen LogP contribution in [0.5, 0.6) is 0 Å². The third kappa shape index (κ3) is 16.5. The van der Waals surface area contributed by atoms with E-state index in [1.54, 1.807) is 33.9 Å². The average Bonchev–Trinajstić information content (AvgIpc) is 4.51. The first kappa shape index (κ1) is 62.1. The number of hydrogen-bond acceptors (Lipinski definition) is 12. The van der Waals surface area contributed by atoms with Gasteiger partial charge in [0.1, 0.15) is 48.3 Å². The van der Waals surface area contributed by atoms with E-state index < -0.39 is 125 Å². The Kier molecular flexibility index (Phi) is 22.1. The average molecular weight is 1130 g/mol. The fourth-order valence-corrected chi connectivity index (χ4v) is 10.8. The number of primary amides is 1. The molecule has 0 bridgehead atoms. The van der Waals surface area contributed by atoms with Gasteiger partial charge in [-0.25, -0.2) is 4.79 Å². The van der Waals surface area contributed by atoms with Crippen LogP contribution in [0.2, 0.25) is 0 Å². The number of aliphatic imine (C=N–C) groups is 1. The van der Waals surface area contributed by atoms with Crippen LogP contribution in [0.3, 0.4) is 0 Å². The standard InChI is InChI=1S/C56H80N14O11/c1-31(2)45(66-50(75)43-21-11-25-68(43)52(77)36(57)28-33-14-6-5-7-15-33)51(76)64-39(18-10-24-61-56(59)60)53(78)69-26-12-19-41(69)48(73)63-38(22-23-44(58)71)47(72)67-46(32(3)4)54(79)70-27-13-20-42(70)49(74)65-40(55(80)81)29-34-30-62-37-17-9-8-16-35(34)37/h5-9,14-17,30-32,36,38-43,45-46,62H,10-13,18-29,57H2,1-4H3,(H2,58,71)(H,63,73)(H,64,76)(H,65,74)(H,66,75)(H,67,72)(H,80,81)(H4,59,60,61)/t36-,38-,39-,40-,41-,42-,43-,45-,46-/m0/s1. The fraction of sp³-hybridized carbons (Fsp3) is 0.554. The number of rotatable bonds is 27. The van der Waals surface area contributed by atoms with Gasteiger partial charge in [-0.3, -0.25) is 48.1 Å². The summed E-state index contributed by atoms with van der Waals surface area (Å²) >= 11 is 0. The smallest absolute Gasteiger partial charge is 0.326 e. The van der Waals surface area contributed by atoms with Crippen molar-refractivity contribution in [2.75, 3.05) is 26.2 Å². The Morgan fingerprint density at radius 1 is 0.617 bits per heavy atom. The number of guanidine groups is 1. The first-order valence-electron chi connectivity index (χ1n) is 27.9. The molecule has 9 amide bonds. The number of aliphatic carboxylic acids is 1. The number of aromatic amines is 1. The highest BCUT2D eigenvalue weighted by Crippen LogP contribution is 2.25. The molecule has 15 N–H and O–H groups in total. The van der Waals surface area contributed by atoms with Crippen molar-refractivity contribution in [3.8, 4) is 0 Å². The number of carboxylic acid groups (broad SMARTS) is 1. The van der Waals surface area contributed by atoms with Crippen LogP contribution in [0, 0.1) is 11.8 Å². The molecule has 3 aromatic rings. The fourth-order valence-electron chi connectivity index (χ4n) is 10.8. The van der Waals surface area contributed by atoms with Crippen LogP contribution in [-0.2, 0) is 60.8 Å². The summed E-state index contributed by atoms with van der Waals surface area (Å²) in [6, 6.07) is 6.19. The first-order valence-corrected chi connectivity index (χ1v) is 27.9. The predicted molar refractivity (Wildman–Crippen MR) is 300 cm³/mol. The number of nitrogens with zero attached hydrogens (tertiary/aromatic N) is 4. The molecule has 25 nitrogen and oxygen atoms in total. The van der Waals surface area contributed by atoms with Crippen molar-refractivity contribution in [3.05, 3.63) is 71.9 Å². The van der Waals surface area contributed by atoms with Crippen molar-refractivity contribution >= 4 is 76.0 Å². The maximum Gasteiger partial charge on any atom is 0.326 e.